The van der Waals surface area contributed by atoms with Crippen LogP contribution in [0.2, 0.25) is 5.02 Å². The van der Waals surface area contributed by atoms with Gasteiger partial charge in [-0.3, -0.25) is 9.69 Å². The number of hydrogen-bond acceptors (Lipinski definition) is 6. The van der Waals surface area contributed by atoms with Crippen LogP contribution < -0.4 is 0 Å². The van der Waals surface area contributed by atoms with Crippen molar-refractivity contribution in [1.82, 2.24) is 19.4 Å². The van der Waals surface area contributed by atoms with E-state index in [9.17, 15) is 17.6 Å². The van der Waals surface area contributed by atoms with Gasteiger partial charge >= 0.3 is 0 Å². The van der Waals surface area contributed by atoms with E-state index in [-0.39, 0.29) is 29.7 Å². The number of nitrogens with zero attached hydrogens (tertiary/aromatic N) is 4. The molecule has 0 saturated carbocycles. The number of carbonyl (C=O) groups excluding carboxylic acids is 1. The summed E-state index contributed by atoms with van der Waals surface area (Å²) in [4.78, 5) is 22.0. The third-order valence-corrected chi connectivity index (χ3v) is 8.98. The number of rotatable bonds is 11. The van der Waals surface area contributed by atoms with E-state index in [1.54, 1.807) is 39.8 Å². The van der Waals surface area contributed by atoms with Gasteiger partial charge in [-0.25, -0.2) is 17.8 Å². The van der Waals surface area contributed by atoms with E-state index in [1.807, 2.05) is 30.3 Å². The maximum atomic E-state index is 14.4. The number of sulfone groups is 1. The zero-order valence-electron chi connectivity index (χ0n) is 23.0. The van der Waals surface area contributed by atoms with Gasteiger partial charge in [0.05, 0.1) is 43.9 Å². The zero-order chi connectivity index (χ0) is 29.5. The minimum absolute atomic E-state index is 0.0663. The quantitative estimate of drug-likeness (QED) is 0.245. The summed E-state index contributed by atoms with van der Waals surface area (Å²) < 4.78 is 48.7. The van der Waals surface area contributed by atoms with E-state index in [2.05, 4.69) is 9.88 Å². The molecule has 0 N–H and O–H groups in total. The molecule has 3 aromatic carbocycles. The second kappa shape index (κ2) is 13.6. The van der Waals surface area contributed by atoms with Crippen molar-refractivity contribution in [2.75, 3.05) is 39.4 Å². The van der Waals surface area contributed by atoms with Crippen molar-refractivity contribution in [2.24, 2.45) is 0 Å². The normalized spacial score (nSPS) is 14.1. The average molecular weight is 611 g/mol. The molecule has 42 heavy (non-hydrogen) atoms. The Morgan fingerprint density at radius 1 is 1.00 bits per heavy atom. The molecule has 1 saturated heterocycles. The van der Waals surface area contributed by atoms with Crippen LogP contribution in [0.4, 0.5) is 4.39 Å². The number of halogens is 2. The predicted molar refractivity (Wildman–Crippen MR) is 159 cm³/mol. The topological polar surface area (TPSA) is 84.7 Å². The summed E-state index contributed by atoms with van der Waals surface area (Å²) in [5.41, 5.74) is 1.91. The fourth-order valence-electron chi connectivity index (χ4n) is 4.93. The number of aromatic nitrogens is 2. The molecule has 0 aliphatic carbocycles. The lowest BCUT2D eigenvalue weighted by Gasteiger charge is -2.30. The van der Waals surface area contributed by atoms with Crippen LogP contribution in [0.3, 0.4) is 0 Å². The van der Waals surface area contributed by atoms with Crippen molar-refractivity contribution in [3.8, 4) is 0 Å². The molecule has 0 bridgehead atoms. The van der Waals surface area contributed by atoms with Crippen LogP contribution in [0.25, 0.3) is 0 Å². The van der Waals surface area contributed by atoms with Crippen molar-refractivity contribution < 1.29 is 22.3 Å². The first kappa shape index (κ1) is 29.9. The van der Waals surface area contributed by atoms with Gasteiger partial charge in [0.15, 0.2) is 0 Å². The Bertz CT molecular complexity index is 1620. The Kier molecular flexibility index (Phi) is 9.69. The number of morpholine rings is 1. The molecule has 1 aromatic heterocycles. The van der Waals surface area contributed by atoms with Crippen LogP contribution in [0.5, 0.6) is 0 Å². The smallest absolute Gasteiger partial charge is 0.254 e. The molecule has 0 atom stereocenters. The summed E-state index contributed by atoms with van der Waals surface area (Å²) in [5.74, 6) is -1.36. The van der Waals surface area contributed by atoms with Gasteiger partial charge in [0.1, 0.15) is 5.82 Å². The van der Waals surface area contributed by atoms with Gasteiger partial charge in [-0.1, -0.05) is 66.2 Å². The highest BCUT2D eigenvalue weighted by molar-refractivity contribution is 7.90. The summed E-state index contributed by atoms with van der Waals surface area (Å²) in [6.07, 6.45) is 1.49. The Labute approximate surface area is 250 Å². The highest BCUT2D eigenvalue weighted by atomic mass is 35.5. The summed E-state index contributed by atoms with van der Waals surface area (Å²) >= 11 is 6.20. The number of benzene rings is 3. The molecule has 11 heteroatoms. The fraction of sp³-hybridized carbons (Fsp3) is 0.290. The molecule has 5 rings (SSSR count). The first-order chi connectivity index (χ1) is 20.3. The van der Waals surface area contributed by atoms with Gasteiger partial charge in [0.25, 0.3) is 5.91 Å². The zero-order valence-corrected chi connectivity index (χ0v) is 24.6. The van der Waals surface area contributed by atoms with E-state index in [4.69, 9.17) is 16.3 Å². The van der Waals surface area contributed by atoms with Crippen LogP contribution in [0, 0.1) is 5.82 Å². The summed E-state index contributed by atoms with van der Waals surface area (Å²) in [7, 11) is -4.04. The number of imidazole rings is 1. The summed E-state index contributed by atoms with van der Waals surface area (Å²) in [6, 6.07) is 22.0. The van der Waals surface area contributed by atoms with Gasteiger partial charge in [-0.2, -0.15) is 0 Å². The third kappa shape index (κ3) is 7.43. The maximum Gasteiger partial charge on any atom is 0.254 e. The Balaban J connectivity index is 1.49. The minimum Gasteiger partial charge on any atom is -0.379 e. The lowest BCUT2D eigenvalue weighted by molar-refractivity contribution is 0.0319. The lowest BCUT2D eigenvalue weighted by atomic mass is 10.2. The van der Waals surface area contributed by atoms with Crippen LogP contribution in [-0.4, -0.2) is 73.1 Å². The summed E-state index contributed by atoms with van der Waals surface area (Å²) in [5, 5.41) is 0.276. The predicted octanol–water partition coefficient (Wildman–Crippen LogP) is 4.67. The molecule has 2 heterocycles. The van der Waals surface area contributed by atoms with Crippen molar-refractivity contribution in [3.63, 3.8) is 0 Å². The number of ether oxygens (including phenoxy) is 1. The van der Waals surface area contributed by atoms with Crippen LogP contribution in [0.15, 0.2) is 90.2 Å². The molecule has 0 radical (unpaired) electrons. The van der Waals surface area contributed by atoms with E-state index in [1.165, 1.54) is 24.4 Å². The minimum atomic E-state index is -4.04. The van der Waals surface area contributed by atoms with E-state index < -0.39 is 21.4 Å². The van der Waals surface area contributed by atoms with Crippen LogP contribution in [-0.2, 0) is 33.4 Å². The van der Waals surface area contributed by atoms with Crippen LogP contribution in [0.1, 0.15) is 27.2 Å². The van der Waals surface area contributed by atoms with Gasteiger partial charge in [-0.15, -0.1) is 0 Å². The fourth-order valence-corrected chi connectivity index (χ4v) is 6.62. The molecular weight excluding hydrogens is 579 g/mol. The monoisotopic (exact) mass is 610 g/mol. The Morgan fingerprint density at radius 3 is 2.48 bits per heavy atom. The molecular formula is C31H32ClFN4O4S. The second-order valence-corrected chi connectivity index (χ2v) is 12.5. The van der Waals surface area contributed by atoms with E-state index in [0.29, 0.717) is 42.6 Å². The third-order valence-electron chi connectivity index (χ3n) is 7.17. The van der Waals surface area contributed by atoms with Crippen LogP contribution >= 0.6 is 11.6 Å². The van der Waals surface area contributed by atoms with Gasteiger partial charge in [-0.05, 0) is 29.8 Å². The molecule has 1 fully saturated rings. The molecule has 220 valence electrons. The number of amides is 1. The molecule has 4 aromatic rings. The molecule has 1 aliphatic heterocycles. The molecule has 8 nitrogen and oxygen atoms in total. The Morgan fingerprint density at radius 2 is 1.74 bits per heavy atom. The van der Waals surface area contributed by atoms with Crippen molar-refractivity contribution in [1.29, 1.82) is 0 Å². The average Bonchev–Trinajstić information content (AvgIpc) is 3.39. The first-order valence-corrected chi connectivity index (χ1v) is 15.7. The summed E-state index contributed by atoms with van der Waals surface area (Å²) in [6.45, 7) is 4.16. The molecule has 0 unspecified atom stereocenters. The largest absolute Gasteiger partial charge is 0.379 e. The highest BCUT2D eigenvalue weighted by Gasteiger charge is 2.27. The number of hydrogen-bond donors (Lipinski definition) is 0. The van der Waals surface area contributed by atoms with Crippen molar-refractivity contribution in [3.05, 3.63) is 118 Å². The Hall–Kier alpha value is -3.57. The van der Waals surface area contributed by atoms with E-state index in [0.717, 1.165) is 18.7 Å². The number of carbonyl (C=O) groups is 1. The van der Waals surface area contributed by atoms with Gasteiger partial charge in [0.2, 0.25) is 15.0 Å². The molecule has 0 spiro atoms. The second-order valence-electron chi connectivity index (χ2n) is 10.1. The van der Waals surface area contributed by atoms with Gasteiger partial charge in [0, 0.05) is 42.3 Å². The van der Waals surface area contributed by atoms with Crippen molar-refractivity contribution in [2.45, 2.75) is 24.0 Å². The SMILES string of the molecule is O=C(c1cccc(Cl)c1)N(CCN1CCOCC1)Cc1cnc(S(=O)(=O)Cc2ccccc2F)n1Cc1ccccc1. The highest BCUT2D eigenvalue weighted by Crippen LogP contribution is 2.23. The lowest BCUT2D eigenvalue weighted by Crippen LogP contribution is -2.43. The molecule has 1 aliphatic rings. The maximum absolute atomic E-state index is 14.4. The molecule has 1 amide bonds. The van der Waals surface area contributed by atoms with E-state index >= 15 is 0 Å². The standard InChI is InChI=1S/C31H32ClFN4O4S/c32-27-11-6-10-25(19-27)30(38)36(14-13-35-15-17-41-18-16-35)22-28-20-34-31(37(28)21-24-7-2-1-3-8-24)42(39,40)23-26-9-4-5-12-29(26)33/h1-12,19-20H,13-18,21-23H2. The van der Waals surface area contributed by atoms with Crippen molar-refractivity contribution >= 4 is 27.3 Å². The first-order valence-electron chi connectivity index (χ1n) is 13.7. The van der Waals surface area contributed by atoms with Gasteiger partial charge < -0.3 is 14.2 Å².